The fourth-order valence-electron chi connectivity index (χ4n) is 8.60. The summed E-state index contributed by atoms with van der Waals surface area (Å²) in [5, 5.41) is 8.13. The number of likely N-dealkylation sites (tertiary alicyclic amines) is 1. The lowest BCUT2D eigenvalue weighted by Crippen LogP contribution is -2.54. The minimum atomic E-state index is -1.00. The Kier molecular flexibility index (Phi) is 14.3. The molecule has 15 nitrogen and oxygen atoms in total. The molecule has 3 saturated heterocycles. The molecular formula is C46H54N8O7. The minimum Gasteiger partial charge on any atom is -0.368 e. The number of imide groups is 2. The maximum atomic E-state index is 13.5. The van der Waals surface area contributed by atoms with Crippen LogP contribution < -0.4 is 20.9 Å². The van der Waals surface area contributed by atoms with Crippen LogP contribution >= 0.6 is 0 Å². The number of hydrogen-bond donors (Lipinski definition) is 3. The SMILES string of the molecule is O=C(/C=C/c1cccnc1)NCCCCC1CCN(C(=O)c2ccc(NC(=O)CCCCN3CCN(c4cccc5c4C(=O)N(C4CCC(=O)NC4=O)C5=O)CC3)cc2)CC1. The van der Waals surface area contributed by atoms with Crippen LogP contribution in [0.15, 0.2) is 73.1 Å². The molecule has 5 heterocycles. The summed E-state index contributed by atoms with van der Waals surface area (Å²) in [5.74, 6) is -1.65. The van der Waals surface area contributed by atoms with E-state index in [2.05, 4.69) is 30.7 Å². The van der Waals surface area contributed by atoms with E-state index in [0.29, 0.717) is 54.5 Å². The Morgan fingerprint density at radius 3 is 2.34 bits per heavy atom. The molecule has 1 aromatic heterocycles. The number of rotatable bonds is 16. The van der Waals surface area contributed by atoms with Crippen LogP contribution in [0.3, 0.4) is 0 Å². The Morgan fingerprint density at radius 1 is 0.820 bits per heavy atom. The summed E-state index contributed by atoms with van der Waals surface area (Å²) in [5.41, 5.74) is 3.41. The van der Waals surface area contributed by atoms with Gasteiger partial charge in [0.2, 0.25) is 23.6 Å². The maximum Gasteiger partial charge on any atom is 0.264 e. The first-order chi connectivity index (χ1) is 29.6. The van der Waals surface area contributed by atoms with Crippen molar-refractivity contribution < 1.29 is 33.6 Å². The number of anilines is 2. The second-order valence-corrected chi connectivity index (χ2v) is 16.2. The summed E-state index contributed by atoms with van der Waals surface area (Å²) in [7, 11) is 0. The Bertz CT molecular complexity index is 2130. The van der Waals surface area contributed by atoms with Crippen molar-refractivity contribution in [3.05, 3.63) is 95.3 Å². The summed E-state index contributed by atoms with van der Waals surface area (Å²) in [6, 6.07) is 15.0. The van der Waals surface area contributed by atoms with Crippen LogP contribution in [0.4, 0.5) is 11.4 Å². The van der Waals surface area contributed by atoms with Crippen molar-refractivity contribution in [1.82, 2.24) is 30.3 Å². The molecule has 4 aliphatic heterocycles. The fourth-order valence-corrected chi connectivity index (χ4v) is 8.60. The number of benzene rings is 2. The summed E-state index contributed by atoms with van der Waals surface area (Å²) >= 11 is 0. The monoisotopic (exact) mass is 830 g/mol. The van der Waals surface area contributed by atoms with E-state index in [1.807, 2.05) is 23.1 Å². The first kappa shape index (κ1) is 42.9. The Balaban J connectivity index is 0.754. The first-order valence-corrected chi connectivity index (χ1v) is 21.5. The molecule has 3 fully saturated rings. The normalized spacial score (nSPS) is 18.7. The smallest absolute Gasteiger partial charge is 0.264 e. The zero-order valence-electron chi connectivity index (χ0n) is 34.5. The molecule has 3 aromatic rings. The quantitative estimate of drug-likeness (QED) is 0.107. The van der Waals surface area contributed by atoms with E-state index in [-0.39, 0.29) is 36.1 Å². The number of pyridine rings is 1. The summed E-state index contributed by atoms with van der Waals surface area (Å²) < 4.78 is 0. The van der Waals surface area contributed by atoms with Gasteiger partial charge in [-0.15, -0.1) is 0 Å². The van der Waals surface area contributed by atoms with Gasteiger partial charge in [-0.3, -0.25) is 53.7 Å². The molecule has 61 heavy (non-hydrogen) atoms. The molecule has 320 valence electrons. The van der Waals surface area contributed by atoms with Gasteiger partial charge >= 0.3 is 0 Å². The van der Waals surface area contributed by atoms with E-state index in [9.17, 15) is 33.6 Å². The molecular weight excluding hydrogens is 777 g/mol. The lowest BCUT2D eigenvalue weighted by Gasteiger charge is -2.36. The number of carbonyl (C=O) groups excluding carboxylic acids is 7. The van der Waals surface area contributed by atoms with Gasteiger partial charge in [0.1, 0.15) is 6.04 Å². The molecule has 1 atom stereocenters. The summed E-state index contributed by atoms with van der Waals surface area (Å²) in [6.45, 7) is 5.74. The predicted octanol–water partition coefficient (Wildman–Crippen LogP) is 4.27. The maximum absolute atomic E-state index is 13.5. The zero-order valence-corrected chi connectivity index (χ0v) is 34.5. The zero-order chi connectivity index (χ0) is 42.7. The van der Waals surface area contributed by atoms with Crippen molar-refractivity contribution in [3.63, 3.8) is 0 Å². The molecule has 0 radical (unpaired) electrons. The molecule has 3 N–H and O–H groups in total. The molecule has 7 amide bonds. The average Bonchev–Trinajstić information content (AvgIpc) is 3.53. The average molecular weight is 831 g/mol. The highest BCUT2D eigenvalue weighted by molar-refractivity contribution is 6.25. The van der Waals surface area contributed by atoms with E-state index in [1.165, 1.54) is 6.08 Å². The van der Waals surface area contributed by atoms with Gasteiger partial charge in [0, 0.05) is 88.4 Å². The largest absolute Gasteiger partial charge is 0.368 e. The molecule has 0 saturated carbocycles. The molecule has 4 aliphatic rings. The van der Waals surface area contributed by atoms with Gasteiger partial charge in [-0.1, -0.05) is 25.0 Å². The molecule has 0 spiro atoms. The van der Waals surface area contributed by atoms with Crippen molar-refractivity contribution in [1.29, 1.82) is 0 Å². The fraction of sp³-hybridized carbons (Fsp3) is 0.435. The van der Waals surface area contributed by atoms with E-state index < -0.39 is 29.7 Å². The highest BCUT2D eigenvalue weighted by Gasteiger charge is 2.46. The van der Waals surface area contributed by atoms with Crippen molar-refractivity contribution in [2.45, 2.75) is 70.3 Å². The third kappa shape index (κ3) is 10.9. The summed E-state index contributed by atoms with van der Waals surface area (Å²) in [6.07, 6.45) is 13.8. The standard InChI is InChI=1S/C46H54N8O7/c55-39(18-12-33-8-6-22-47-31-33)48-23-3-1-7-32-20-25-53(26-21-32)44(59)34-13-15-35(16-14-34)49-40(56)11-2-4-24-51-27-29-52(30-28-51)37-10-5-9-36-42(37)46(61)54(45(36)60)38-17-19-41(57)50-43(38)58/h5-6,8-10,12-16,18,22,31-32,38H,1-4,7,11,17,19-21,23-30H2,(H,48,55)(H,49,56)(H,50,57,58)/b18-12+. The number of amides is 7. The van der Waals surface area contributed by atoms with Crippen molar-refractivity contribution >= 4 is 58.8 Å². The van der Waals surface area contributed by atoms with Gasteiger partial charge in [-0.25, -0.2) is 0 Å². The Morgan fingerprint density at radius 2 is 1.61 bits per heavy atom. The van der Waals surface area contributed by atoms with Gasteiger partial charge in [0.25, 0.3) is 17.7 Å². The van der Waals surface area contributed by atoms with Gasteiger partial charge < -0.3 is 20.4 Å². The molecule has 15 heteroatoms. The van der Waals surface area contributed by atoms with Crippen LogP contribution in [-0.2, 0) is 19.2 Å². The van der Waals surface area contributed by atoms with Crippen LogP contribution in [0, 0.1) is 5.92 Å². The third-order valence-electron chi connectivity index (χ3n) is 12.1. The van der Waals surface area contributed by atoms with Gasteiger partial charge in [-0.2, -0.15) is 0 Å². The number of fused-ring (bicyclic) bond motifs is 1. The number of aromatic nitrogens is 1. The van der Waals surface area contributed by atoms with Crippen LogP contribution in [-0.4, -0.2) is 119 Å². The molecule has 0 bridgehead atoms. The number of unbranched alkanes of at least 4 members (excludes halogenated alkanes) is 2. The molecule has 2 aromatic carbocycles. The number of nitrogens with one attached hydrogen (secondary N) is 3. The minimum absolute atomic E-state index is 0.00639. The number of carbonyl (C=O) groups is 7. The summed E-state index contributed by atoms with van der Waals surface area (Å²) in [4.78, 5) is 100. The molecule has 0 aliphatic carbocycles. The number of hydrogen-bond acceptors (Lipinski definition) is 10. The molecule has 7 rings (SSSR count). The number of nitrogens with zero attached hydrogens (tertiary/aromatic N) is 5. The Hall–Kier alpha value is -6.22. The number of piperazine rings is 1. The third-order valence-corrected chi connectivity index (χ3v) is 12.1. The first-order valence-electron chi connectivity index (χ1n) is 21.5. The van der Waals surface area contributed by atoms with E-state index in [1.54, 1.807) is 54.9 Å². The Labute approximate surface area is 355 Å². The van der Waals surface area contributed by atoms with Crippen molar-refractivity contribution in [3.8, 4) is 0 Å². The van der Waals surface area contributed by atoms with E-state index in [0.717, 1.165) is 88.1 Å². The van der Waals surface area contributed by atoms with E-state index in [4.69, 9.17) is 0 Å². The van der Waals surface area contributed by atoms with Crippen molar-refractivity contribution in [2.75, 3.05) is 62.6 Å². The van der Waals surface area contributed by atoms with E-state index >= 15 is 0 Å². The van der Waals surface area contributed by atoms with Crippen LogP contribution in [0.1, 0.15) is 101 Å². The van der Waals surface area contributed by atoms with Gasteiger partial charge in [0.05, 0.1) is 16.8 Å². The van der Waals surface area contributed by atoms with Crippen LogP contribution in [0.5, 0.6) is 0 Å². The highest BCUT2D eigenvalue weighted by Crippen LogP contribution is 2.35. The van der Waals surface area contributed by atoms with Crippen LogP contribution in [0.2, 0.25) is 0 Å². The number of piperidine rings is 2. The highest BCUT2D eigenvalue weighted by atomic mass is 16.2. The van der Waals surface area contributed by atoms with Gasteiger partial charge in [-0.05, 0) is 105 Å². The molecule has 1 unspecified atom stereocenters. The lowest BCUT2D eigenvalue weighted by molar-refractivity contribution is -0.136. The second-order valence-electron chi connectivity index (χ2n) is 16.2. The van der Waals surface area contributed by atoms with Crippen molar-refractivity contribution in [2.24, 2.45) is 5.92 Å². The van der Waals surface area contributed by atoms with Gasteiger partial charge in [0.15, 0.2) is 0 Å². The second kappa shape index (κ2) is 20.4. The topological polar surface area (TPSA) is 181 Å². The van der Waals surface area contributed by atoms with Crippen LogP contribution in [0.25, 0.3) is 6.08 Å². The lowest BCUT2D eigenvalue weighted by atomic mass is 9.91. The predicted molar refractivity (Wildman–Crippen MR) is 229 cm³/mol.